The van der Waals surface area contributed by atoms with Gasteiger partial charge in [-0.2, -0.15) is 5.10 Å². The number of hydrogen-bond donors (Lipinski definition) is 2. The van der Waals surface area contributed by atoms with E-state index >= 15 is 0 Å². The lowest BCUT2D eigenvalue weighted by Gasteiger charge is -2.17. The van der Waals surface area contributed by atoms with Gasteiger partial charge in [-0.05, 0) is 30.2 Å². The molecule has 0 saturated heterocycles. The van der Waals surface area contributed by atoms with Gasteiger partial charge in [0.1, 0.15) is 0 Å². The number of nitrogens with zero attached hydrogens (tertiary/aromatic N) is 1. The van der Waals surface area contributed by atoms with Gasteiger partial charge in [-0.3, -0.25) is 5.10 Å². The van der Waals surface area contributed by atoms with Gasteiger partial charge in [-0.15, -0.1) is 0 Å². The molecule has 90 valence electrons. The van der Waals surface area contributed by atoms with Crippen molar-refractivity contribution in [2.24, 2.45) is 0 Å². The van der Waals surface area contributed by atoms with Gasteiger partial charge in [0.2, 0.25) is 0 Å². The van der Waals surface area contributed by atoms with Crippen molar-refractivity contribution in [3.05, 3.63) is 53.3 Å². The SMILES string of the molecule is CCNC(c1ccc(CC)cc1)c1ccn[nH]1. The van der Waals surface area contributed by atoms with E-state index in [0.717, 1.165) is 18.7 Å². The van der Waals surface area contributed by atoms with Crippen LogP contribution in [0.15, 0.2) is 36.5 Å². The summed E-state index contributed by atoms with van der Waals surface area (Å²) in [6.07, 6.45) is 2.87. The molecule has 3 heteroatoms. The van der Waals surface area contributed by atoms with Crippen molar-refractivity contribution in [3.8, 4) is 0 Å². The Labute approximate surface area is 102 Å². The van der Waals surface area contributed by atoms with Crippen molar-refractivity contribution in [1.82, 2.24) is 15.5 Å². The molecule has 0 fully saturated rings. The fourth-order valence-electron chi connectivity index (χ4n) is 1.98. The van der Waals surface area contributed by atoms with Crippen LogP contribution in [0.4, 0.5) is 0 Å². The largest absolute Gasteiger partial charge is 0.305 e. The van der Waals surface area contributed by atoms with E-state index in [-0.39, 0.29) is 6.04 Å². The number of aromatic amines is 1. The van der Waals surface area contributed by atoms with Crippen LogP contribution in [0.5, 0.6) is 0 Å². The Morgan fingerprint density at radius 3 is 2.47 bits per heavy atom. The Morgan fingerprint density at radius 1 is 1.18 bits per heavy atom. The molecule has 1 atom stereocenters. The van der Waals surface area contributed by atoms with E-state index in [2.05, 4.69) is 53.6 Å². The maximum absolute atomic E-state index is 4.02. The molecule has 0 radical (unpaired) electrons. The van der Waals surface area contributed by atoms with Crippen LogP contribution in [0.2, 0.25) is 0 Å². The number of benzene rings is 1. The molecule has 2 rings (SSSR count). The Balaban J connectivity index is 2.26. The zero-order valence-electron chi connectivity index (χ0n) is 10.4. The van der Waals surface area contributed by atoms with Crippen LogP contribution in [0, 0.1) is 0 Å². The van der Waals surface area contributed by atoms with Crippen LogP contribution in [0.3, 0.4) is 0 Å². The standard InChI is InChI=1S/C14H19N3/c1-3-11-5-7-12(8-6-11)14(15-4-2)13-9-10-16-17-13/h5-10,14-15H,3-4H2,1-2H3,(H,16,17). The maximum Gasteiger partial charge on any atom is 0.0745 e. The van der Waals surface area contributed by atoms with Gasteiger partial charge in [0.15, 0.2) is 0 Å². The molecule has 1 aromatic carbocycles. The van der Waals surface area contributed by atoms with E-state index in [1.165, 1.54) is 11.1 Å². The quantitative estimate of drug-likeness (QED) is 0.827. The van der Waals surface area contributed by atoms with Crippen LogP contribution >= 0.6 is 0 Å². The topological polar surface area (TPSA) is 40.7 Å². The van der Waals surface area contributed by atoms with Gasteiger partial charge in [0, 0.05) is 6.20 Å². The molecule has 2 aromatic rings. The second kappa shape index (κ2) is 5.64. The number of aromatic nitrogens is 2. The molecule has 0 spiro atoms. The fourth-order valence-corrected chi connectivity index (χ4v) is 1.98. The highest BCUT2D eigenvalue weighted by atomic mass is 15.1. The Hall–Kier alpha value is -1.61. The van der Waals surface area contributed by atoms with Crippen LogP contribution in [-0.2, 0) is 6.42 Å². The minimum absolute atomic E-state index is 0.202. The van der Waals surface area contributed by atoms with Crippen molar-refractivity contribution < 1.29 is 0 Å². The Bertz CT molecular complexity index is 431. The number of hydrogen-bond acceptors (Lipinski definition) is 2. The van der Waals surface area contributed by atoms with Crippen LogP contribution in [0.25, 0.3) is 0 Å². The molecule has 1 heterocycles. The third-order valence-corrected chi connectivity index (χ3v) is 2.96. The van der Waals surface area contributed by atoms with E-state index < -0.39 is 0 Å². The summed E-state index contributed by atoms with van der Waals surface area (Å²) in [4.78, 5) is 0. The van der Waals surface area contributed by atoms with E-state index in [9.17, 15) is 0 Å². The second-order valence-electron chi connectivity index (χ2n) is 4.10. The van der Waals surface area contributed by atoms with Crippen LogP contribution < -0.4 is 5.32 Å². The van der Waals surface area contributed by atoms with Crippen LogP contribution in [-0.4, -0.2) is 16.7 Å². The van der Waals surface area contributed by atoms with Gasteiger partial charge >= 0.3 is 0 Å². The van der Waals surface area contributed by atoms with E-state index in [1.807, 2.05) is 6.07 Å². The summed E-state index contributed by atoms with van der Waals surface area (Å²) < 4.78 is 0. The summed E-state index contributed by atoms with van der Waals surface area (Å²) in [5, 5.41) is 10.5. The minimum atomic E-state index is 0.202. The smallest absolute Gasteiger partial charge is 0.0745 e. The summed E-state index contributed by atoms with van der Waals surface area (Å²) in [6, 6.07) is 11.0. The van der Waals surface area contributed by atoms with Crippen molar-refractivity contribution in [2.75, 3.05) is 6.54 Å². The second-order valence-corrected chi connectivity index (χ2v) is 4.10. The first-order chi connectivity index (χ1) is 8.35. The lowest BCUT2D eigenvalue weighted by molar-refractivity contribution is 0.613. The molecular weight excluding hydrogens is 210 g/mol. The lowest BCUT2D eigenvalue weighted by Crippen LogP contribution is -2.22. The average Bonchev–Trinajstić information content (AvgIpc) is 2.90. The van der Waals surface area contributed by atoms with E-state index in [1.54, 1.807) is 6.20 Å². The van der Waals surface area contributed by atoms with E-state index in [0.29, 0.717) is 0 Å². The molecule has 1 unspecified atom stereocenters. The van der Waals surface area contributed by atoms with Crippen molar-refractivity contribution in [2.45, 2.75) is 26.3 Å². The molecule has 2 N–H and O–H groups in total. The summed E-state index contributed by atoms with van der Waals surface area (Å²) >= 11 is 0. The zero-order chi connectivity index (χ0) is 12.1. The highest BCUT2D eigenvalue weighted by molar-refractivity contribution is 5.30. The summed E-state index contributed by atoms with van der Waals surface area (Å²) in [5.41, 5.74) is 3.75. The van der Waals surface area contributed by atoms with Crippen molar-refractivity contribution in [1.29, 1.82) is 0 Å². The predicted octanol–water partition coefficient (Wildman–Crippen LogP) is 2.67. The molecule has 0 amide bonds. The van der Waals surface area contributed by atoms with Crippen molar-refractivity contribution in [3.63, 3.8) is 0 Å². The summed E-state index contributed by atoms with van der Waals surface area (Å²) in [7, 11) is 0. The molecule has 0 bridgehead atoms. The monoisotopic (exact) mass is 229 g/mol. The average molecular weight is 229 g/mol. The molecule has 0 aliphatic heterocycles. The predicted molar refractivity (Wildman–Crippen MR) is 69.9 cm³/mol. The third kappa shape index (κ3) is 2.74. The summed E-state index contributed by atoms with van der Waals surface area (Å²) in [6.45, 7) is 5.22. The lowest BCUT2D eigenvalue weighted by atomic mass is 10.0. The van der Waals surface area contributed by atoms with Gasteiger partial charge in [-0.1, -0.05) is 38.1 Å². The van der Waals surface area contributed by atoms with Gasteiger partial charge in [0.05, 0.1) is 11.7 Å². The molecule has 3 nitrogen and oxygen atoms in total. The normalized spacial score (nSPS) is 12.6. The zero-order valence-corrected chi connectivity index (χ0v) is 10.4. The first-order valence-corrected chi connectivity index (χ1v) is 6.16. The highest BCUT2D eigenvalue weighted by Crippen LogP contribution is 2.20. The number of aryl methyl sites for hydroxylation is 1. The molecule has 17 heavy (non-hydrogen) atoms. The van der Waals surface area contributed by atoms with Gasteiger partial charge in [0.25, 0.3) is 0 Å². The molecule has 1 aromatic heterocycles. The van der Waals surface area contributed by atoms with Crippen LogP contribution in [0.1, 0.15) is 36.7 Å². The third-order valence-electron chi connectivity index (χ3n) is 2.96. The van der Waals surface area contributed by atoms with Crippen molar-refractivity contribution >= 4 is 0 Å². The summed E-state index contributed by atoms with van der Waals surface area (Å²) in [5.74, 6) is 0. The Kier molecular flexibility index (Phi) is 3.94. The molecule has 0 aliphatic rings. The molecule has 0 aliphatic carbocycles. The Morgan fingerprint density at radius 2 is 1.94 bits per heavy atom. The number of H-pyrrole nitrogens is 1. The molecule has 0 saturated carbocycles. The van der Waals surface area contributed by atoms with Gasteiger partial charge < -0.3 is 5.32 Å². The first-order valence-electron chi connectivity index (χ1n) is 6.16. The number of rotatable bonds is 5. The first kappa shape index (κ1) is 11.9. The molecular formula is C14H19N3. The minimum Gasteiger partial charge on any atom is -0.305 e. The van der Waals surface area contributed by atoms with Gasteiger partial charge in [-0.25, -0.2) is 0 Å². The highest BCUT2D eigenvalue weighted by Gasteiger charge is 2.13. The fraction of sp³-hybridized carbons (Fsp3) is 0.357. The van der Waals surface area contributed by atoms with E-state index in [4.69, 9.17) is 0 Å². The number of nitrogens with one attached hydrogen (secondary N) is 2. The maximum atomic E-state index is 4.02.